The summed E-state index contributed by atoms with van der Waals surface area (Å²) in [6, 6.07) is 9.04. The van der Waals surface area contributed by atoms with Crippen molar-refractivity contribution >= 4 is 0 Å². The molecule has 20 heavy (non-hydrogen) atoms. The molecule has 1 rings (SSSR count). The van der Waals surface area contributed by atoms with E-state index >= 15 is 0 Å². The number of hydrogen-bond acceptors (Lipinski definition) is 3. The van der Waals surface area contributed by atoms with Gasteiger partial charge >= 0.3 is 0 Å². The van der Waals surface area contributed by atoms with Crippen LogP contribution in [0.1, 0.15) is 42.9 Å². The Balaban J connectivity index is 2.36. The fourth-order valence-corrected chi connectivity index (χ4v) is 2.56. The monoisotopic (exact) mass is 278 g/mol. The molecular weight excluding hydrogens is 248 g/mol. The molecular formula is C17H30N2O. The standard InChI is InChI=1S/C17H30N2O/c1-15-9-5-6-10-16(15)17(18-2)11-13-19(3)12-7-4-8-14-20/h5-6,9-10,17-18,20H,4,7-8,11-14H2,1-3H3. The van der Waals surface area contributed by atoms with Crippen molar-refractivity contribution in [2.45, 2.75) is 38.6 Å². The van der Waals surface area contributed by atoms with E-state index in [4.69, 9.17) is 5.11 Å². The lowest BCUT2D eigenvalue weighted by molar-refractivity contribution is 0.269. The quantitative estimate of drug-likeness (QED) is 0.646. The van der Waals surface area contributed by atoms with Crippen molar-refractivity contribution in [2.24, 2.45) is 0 Å². The zero-order valence-electron chi connectivity index (χ0n) is 13.2. The number of nitrogens with zero attached hydrogens (tertiary/aromatic N) is 1. The number of aryl methyl sites for hydroxylation is 1. The van der Waals surface area contributed by atoms with Crippen molar-refractivity contribution in [1.29, 1.82) is 0 Å². The second-order valence-electron chi connectivity index (χ2n) is 5.57. The number of rotatable bonds is 10. The van der Waals surface area contributed by atoms with E-state index in [1.807, 2.05) is 7.05 Å². The van der Waals surface area contributed by atoms with Crippen molar-refractivity contribution in [1.82, 2.24) is 10.2 Å². The molecule has 1 atom stereocenters. The van der Waals surface area contributed by atoms with Crippen molar-refractivity contribution in [3.05, 3.63) is 35.4 Å². The van der Waals surface area contributed by atoms with Crippen LogP contribution in [0, 0.1) is 6.92 Å². The van der Waals surface area contributed by atoms with E-state index in [1.165, 1.54) is 17.5 Å². The predicted octanol–water partition coefficient (Wildman–Crippen LogP) is 2.74. The van der Waals surface area contributed by atoms with E-state index in [9.17, 15) is 0 Å². The van der Waals surface area contributed by atoms with Gasteiger partial charge in [-0.2, -0.15) is 0 Å². The van der Waals surface area contributed by atoms with Crippen LogP contribution in [0.25, 0.3) is 0 Å². The summed E-state index contributed by atoms with van der Waals surface area (Å²) in [6.07, 6.45) is 4.34. The Labute approximate surface area is 124 Å². The zero-order valence-corrected chi connectivity index (χ0v) is 13.2. The average molecular weight is 278 g/mol. The van der Waals surface area contributed by atoms with Crippen LogP contribution < -0.4 is 5.32 Å². The molecule has 0 fully saturated rings. The first-order valence-electron chi connectivity index (χ1n) is 7.71. The molecule has 0 aliphatic carbocycles. The number of benzene rings is 1. The van der Waals surface area contributed by atoms with Gasteiger partial charge in [-0.1, -0.05) is 24.3 Å². The molecule has 3 heteroatoms. The van der Waals surface area contributed by atoms with E-state index in [2.05, 4.69) is 48.5 Å². The van der Waals surface area contributed by atoms with Gasteiger partial charge in [0.05, 0.1) is 0 Å². The molecule has 0 amide bonds. The molecule has 3 nitrogen and oxygen atoms in total. The Kier molecular flexibility index (Phi) is 8.51. The minimum absolute atomic E-state index is 0.318. The lowest BCUT2D eigenvalue weighted by Crippen LogP contribution is -2.26. The maximum absolute atomic E-state index is 8.77. The Hall–Kier alpha value is -0.900. The van der Waals surface area contributed by atoms with Crippen LogP contribution in [0.4, 0.5) is 0 Å². The highest BCUT2D eigenvalue weighted by Crippen LogP contribution is 2.20. The van der Waals surface area contributed by atoms with E-state index in [0.717, 1.165) is 32.4 Å². The third-order valence-corrected chi connectivity index (χ3v) is 3.91. The van der Waals surface area contributed by atoms with E-state index in [0.29, 0.717) is 12.6 Å². The van der Waals surface area contributed by atoms with Gasteiger partial charge in [0.1, 0.15) is 0 Å². The van der Waals surface area contributed by atoms with Gasteiger partial charge < -0.3 is 15.3 Å². The lowest BCUT2D eigenvalue weighted by Gasteiger charge is -2.23. The van der Waals surface area contributed by atoms with Gasteiger partial charge in [0.2, 0.25) is 0 Å². The number of aliphatic hydroxyl groups is 1. The molecule has 1 aromatic rings. The third kappa shape index (κ3) is 6.04. The van der Waals surface area contributed by atoms with Crippen LogP contribution in [-0.2, 0) is 0 Å². The maximum atomic E-state index is 8.77. The van der Waals surface area contributed by atoms with Crippen molar-refractivity contribution < 1.29 is 5.11 Å². The zero-order chi connectivity index (χ0) is 14.8. The van der Waals surface area contributed by atoms with Gasteiger partial charge in [-0.05, 0) is 70.9 Å². The smallest absolute Gasteiger partial charge is 0.0431 e. The molecule has 0 bridgehead atoms. The summed E-state index contributed by atoms with van der Waals surface area (Å²) in [7, 11) is 4.22. The molecule has 114 valence electrons. The first kappa shape index (κ1) is 17.2. The van der Waals surface area contributed by atoms with Crippen LogP contribution in [0.15, 0.2) is 24.3 Å². The van der Waals surface area contributed by atoms with E-state index in [1.54, 1.807) is 0 Å². The normalized spacial score (nSPS) is 12.8. The Morgan fingerprint density at radius 1 is 1.15 bits per heavy atom. The summed E-state index contributed by atoms with van der Waals surface area (Å²) in [6.45, 7) is 4.71. The minimum Gasteiger partial charge on any atom is -0.396 e. The van der Waals surface area contributed by atoms with Gasteiger partial charge in [0.15, 0.2) is 0 Å². The summed E-state index contributed by atoms with van der Waals surface area (Å²) in [5, 5.41) is 12.2. The molecule has 0 aliphatic heterocycles. The summed E-state index contributed by atoms with van der Waals surface area (Å²) in [5.74, 6) is 0. The van der Waals surface area contributed by atoms with Gasteiger partial charge in [-0.15, -0.1) is 0 Å². The number of hydrogen-bond donors (Lipinski definition) is 2. The fraction of sp³-hybridized carbons (Fsp3) is 0.647. The molecule has 0 spiro atoms. The molecule has 0 radical (unpaired) electrons. The average Bonchev–Trinajstić information content (AvgIpc) is 2.46. The van der Waals surface area contributed by atoms with Crippen LogP contribution in [0.2, 0.25) is 0 Å². The summed E-state index contributed by atoms with van der Waals surface area (Å²) < 4.78 is 0. The van der Waals surface area contributed by atoms with E-state index < -0.39 is 0 Å². The molecule has 1 aromatic carbocycles. The predicted molar refractivity (Wildman–Crippen MR) is 86.0 cm³/mol. The van der Waals surface area contributed by atoms with Crippen LogP contribution in [-0.4, -0.2) is 43.8 Å². The largest absolute Gasteiger partial charge is 0.396 e. The molecule has 2 N–H and O–H groups in total. The summed E-state index contributed by atoms with van der Waals surface area (Å²) in [4.78, 5) is 2.39. The minimum atomic E-state index is 0.318. The van der Waals surface area contributed by atoms with E-state index in [-0.39, 0.29) is 0 Å². The Bertz CT molecular complexity index is 368. The first-order valence-corrected chi connectivity index (χ1v) is 7.71. The molecule has 0 aliphatic rings. The first-order chi connectivity index (χ1) is 9.69. The fourth-order valence-electron chi connectivity index (χ4n) is 2.56. The topological polar surface area (TPSA) is 35.5 Å². The van der Waals surface area contributed by atoms with Crippen molar-refractivity contribution in [3.63, 3.8) is 0 Å². The van der Waals surface area contributed by atoms with Gasteiger partial charge in [0, 0.05) is 12.6 Å². The molecule has 1 unspecified atom stereocenters. The maximum Gasteiger partial charge on any atom is 0.0431 e. The molecule has 0 saturated heterocycles. The van der Waals surface area contributed by atoms with Crippen LogP contribution >= 0.6 is 0 Å². The summed E-state index contributed by atoms with van der Waals surface area (Å²) in [5.41, 5.74) is 2.76. The van der Waals surface area contributed by atoms with Gasteiger partial charge in [-0.25, -0.2) is 0 Å². The van der Waals surface area contributed by atoms with Gasteiger partial charge in [0.25, 0.3) is 0 Å². The molecule has 0 saturated carbocycles. The number of unbranched alkanes of at least 4 members (excludes halogenated alkanes) is 2. The summed E-state index contributed by atoms with van der Waals surface area (Å²) >= 11 is 0. The highest BCUT2D eigenvalue weighted by atomic mass is 16.2. The lowest BCUT2D eigenvalue weighted by atomic mass is 9.99. The third-order valence-electron chi connectivity index (χ3n) is 3.91. The Morgan fingerprint density at radius 2 is 1.90 bits per heavy atom. The van der Waals surface area contributed by atoms with Crippen molar-refractivity contribution in [3.8, 4) is 0 Å². The SMILES string of the molecule is CNC(CCN(C)CCCCCO)c1ccccc1C. The Morgan fingerprint density at radius 3 is 2.55 bits per heavy atom. The van der Waals surface area contributed by atoms with Gasteiger partial charge in [-0.3, -0.25) is 0 Å². The van der Waals surface area contributed by atoms with Crippen molar-refractivity contribution in [2.75, 3.05) is 33.8 Å². The number of aliphatic hydroxyl groups excluding tert-OH is 1. The molecule has 0 aromatic heterocycles. The molecule has 0 heterocycles. The van der Waals surface area contributed by atoms with Crippen LogP contribution in [0.3, 0.4) is 0 Å². The van der Waals surface area contributed by atoms with Crippen LogP contribution in [0.5, 0.6) is 0 Å². The second-order valence-corrected chi connectivity index (χ2v) is 5.57. The highest BCUT2D eigenvalue weighted by molar-refractivity contribution is 5.28. The highest BCUT2D eigenvalue weighted by Gasteiger charge is 2.12. The number of nitrogens with one attached hydrogen (secondary N) is 1. The second kappa shape index (κ2) is 9.92.